The van der Waals surface area contributed by atoms with Crippen LogP contribution in [0.25, 0.3) is 0 Å². The minimum Gasteiger partial charge on any atom is -0.495 e. The molecule has 2 fully saturated rings. The highest BCUT2D eigenvalue weighted by molar-refractivity contribution is 6.34. The molecular weight excluding hydrogens is 406 g/mol. The van der Waals surface area contributed by atoms with Crippen molar-refractivity contribution in [2.75, 3.05) is 55.1 Å². The number of nitrogens with zero attached hydrogens (tertiary/aromatic N) is 2. The molecule has 0 radical (unpaired) electrons. The topological polar surface area (TPSA) is 71.1 Å². The minimum atomic E-state index is -0.459. The molecule has 158 valence electrons. The number of halogens is 1. The van der Waals surface area contributed by atoms with Crippen molar-refractivity contribution < 1.29 is 19.1 Å². The highest BCUT2D eigenvalue weighted by Gasteiger charge is 2.36. The van der Waals surface area contributed by atoms with E-state index in [0.717, 1.165) is 5.69 Å². The fourth-order valence-electron chi connectivity index (χ4n) is 3.93. The van der Waals surface area contributed by atoms with Crippen LogP contribution in [0.5, 0.6) is 5.75 Å². The van der Waals surface area contributed by atoms with Gasteiger partial charge in [-0.05, 0) is 24.3 Å². The summed E-state index contributed by atoms with van der Waals surface area (Å²) in [6.07, 6.45) is 0.150. The first-order valence-electron chi connectivity index (χ1n) is 9.94. The number of hydrogen-bond acceptors (Lipinski definition) is 5. The van der Waals surface area contributed by atoms with Crippen LogP contribution in [-0.4, -0.2) is 51.8 Å². The summed E-state index contributed by atoms with van der Waals surface area (Å²) < 4.78 is 10.8. The Kier molecular flexibility index (Phi) is 6.11. The van der Waals surface area contributed by atoms with Crippen LogP contribution in [-0.2, 0) is 14.3 Å². The predicted octanol–water partition coefficient (Wildman–Crippen LogP) is 3.18. The van der Waals surface area contributed by atoms with E-state index in [1.54, 1.807) is 18.1 Å². The number of amides is 2. The van der Waals surface area contributed by atoms with Gasteiger partial charge in [0.2, 0.25) is 11.8 Å². The quantitative estimate of drug-likeness (QED) is 0.790. The van der Waals surface area contributed by atoms with Crippen LogP contribution >= 0.6 is 11.6 Å². The Hall–Kier alpha value is -2.77. The van der Waals surface area contributed by atoms with Crippen molar-refractivity contribution in [3.8, 4) is 5.75 Å². The first-order valence-corrected chi connectivity index (χ1v) is 10.3. The van der Waals surface area contributed by atoms with Gasteiger partial charge in [-0.2, -0.15) is 0 Å². The molecule has 0 saturated carbocycles. The number of rotatable bonds is 5. The summed E-state index contributed by atoms with van der Waals surface area (Å²) in [5.41, 5.74) is 2.12. The van der Waals surface area contributed by atoms with E-state index in [0.29, 0.717) is 55.0 Å². The van der Waals surface area contributed by atoms with Crippen molar-refractivity contribution in [2.24, 2.45) is 5.92 Å². The fraction of sp³-hybridized carbons (Fsp3) is 0.364. The molecule has 4 rings (SSSR count). The van der Waals surface area contributed by atoms with Gasteiger partial charge >= 0.3 is 0 Å². The molecule has 0 aliphatic carbocycles. The van der Waals surface area contributed by atoms with Crippen LogP contribution in [0.2, 0.25) is 5.02 Å². The lowest BCUT2D eigenvalue weighted by molar-refractivity contribution is -0.122. The van der Waals surface area contributed by atoms with Crippen LogP contribution < -0.4 is 19.9 Å². The first-order chi connectivity index (χ1) is 14.6. The van der Waals surface area contributed by atoms with Crippen molar-refractivity contribution in [2.45, 2.75) is 6.42 Å². The summed E-state index contributed by atoms with van der Waals surface area (Å²) in [6, 6.07) is 12.8. The van der Waals surface area contributed by atoms with E-state index >= 15 is 0 Å². The van der Waals surface area contributed by atoms with Crippen molar-refractivity contribution in [1.82, 2.24) is 0 Å². The monoisotopic (exact) mass is 429 g/mol. The SMILES string of the molecule is COc1ccccc1N1CC(C(=O)Nc2cccc(Cl)c2N2CCOCC2)CC1=O. The van der Waals surface area contributed by atoms with E-state index < -0.39 is 5.92 Å². The molecule has 0 spiro atoms. The van der Waals surface area contributed by atoms with Crippen molar-refractivity contribution >= 4 is 40.5 Å². The number of anilines is 3. The van der Waals surface area contributed by atoms with Gasteiger partial charge in [0.1, 0.15) is 5.75 Å². The fourth-order valence-corrected chi connectivity index (χ4v) is 4.22. The number of morpholine rings is 1. The Morgan fingerprint density at radius 3 is 2.70 bits per heavy atom. The Labute approximate surface area is 180 Å². The van der Waals surface area contributed by atoms with Crippen molar-refractivity contribution in [3.63, 3.8) is 0 Å². The second kappa shape index (κ2) is 8.93. The first kappa shape index (κ1) is 20.5. The van der Waals surface area contributed by atoms with Crippen LogP contribution in [0.1, 0.15) is 6.42 Å². The van der Waals surface area contributed by atoms with E-state index in [-0.39, 0.29) is 18.2 Å². The van der Waals surface area contributed by atoms with E-state index in [1.807, 2.05) is 36.4 Å². The normalized spacial score (nSPS) is 19.1. The lowest BCUT2D eigenvalue weighted by Gasteiger charge is -2.31. The number of methoxy groups -OCH3 is 1. The number of benzene rings is 2. The molecule has 1 atom stereocenters. The summed E-state index contributed by atoms with van der Waals surface area (Å²) >= 11 is 6.46. The lowest BCUT2D eigenvalue weighted by Crippen LogP contribution is -2.37. The summed E-state index contributed by atoms with van der Waals surface area (Å²) in [5, 5.41) is 3.57. The zero-order valence-corrected chi connectivity index (χ0v) is 17.5. The molecule has 2 aromatic carbocycles. The number of para-hydroxylation sites is 3. The summed E-state index contributed by atoms with van der Waals surface area (Å²) in [5.74, 6) is -0.146. The average Bonchev–Trinajstić information content (AvgIpc) is 3.16. The molecule has 2 amide bonds. The van der Waals surface area contributed by atoms with Crippen LogP contribution in [0.4, 0.5) is 17.1 Å². The van der Waals surface area contributed by atoms with Gasteiger partial charge in [0, 0.05) is 26.1 Å². The number of hydrogen-bond donors (Lipinski definition) is 1. The maximum atomic E-state index is 13.0. The molecule has 2 aromatic rings. The molecule has 2 aliphatic rings. The lowest BCUT2D eigenvalue weighted by atomic mass is 10.1. The molecule has 30 heavy (non-hydrogen) atoms. The molecule has 2 heterocycles. The van der Waals surface area contributed by atoms with Gasteiger partial charge < -0.3 is 24.6 Å². The van der Waals surface area contributed by atoms with Crippen LogP contribution in [0, 0.1) is 5.92 Å². The van der Waals surface area contributed by atoms with Crippen LogP contribution in [0.3, 0.4) is 0 Å². The van der Waals surface area contributed by atoms with Crippen molar-refractivity contribution in [1.29, 1.82) is 0 Å². The van der Waals surface area contributed by atoms with E-state index in [9.17, 15) is 9.59 Å². The van der Waals surface area contributed by atoms with Gasteiger partial charge in [-0.25, -0.2) is 0 Å². The van der Waals surface area contributed by atoms with E-state index in [2.05, 4.69) is 10.2 Å². The van der Waals surface area contributed by atoms with E-state index in [4.69, 9.17) is 21.1 Å². The van der Waals surface area contributed by atoms with Gasteiger partial charge in [-0.15, -0.1) is 0 Å². The minimum absolute atomic E-state index is 0.0980. The smallest absolute Gasteiger partial charge is 0.229 e. The molecule has 2 aliphatic heterocycles. The van der Waals surface area contributed by atoms with Gasteiger partial charge in [-0.1, -0.05) is 29.8 Å². The molecular formula is C22H24ClN3O4. The summed E-state index contributed by atoms with van der Waals surface area (Å²) in [6.45, 7) is 2.94. The maximum absolute atomic E-state index is 13.0. The molecule has 0 bridgehead atoms. The molecule has 7 nitrogen and oxygen atoms in total. The largest absolute Gasteiger partial charge is 0.495 e. The Bertz CT molecular complexity index is 946. The second-order valence-corrected chi connectivity index (χ2v) is 7.71. The molecule has 8 heteroatoms. The third-order valence-electron chi connectivity index (χ3n) is 5.44. The highest BCUT2D eigenvalue weighted by atomic mass is 35.5. The van der Waals surface area contributed by atoms with Gasteiger partial charge in [-0.3, -0.25) is 9.59 Å². The highest BCUT2D eigenvalue weighted by Crippen LogP contribution is 2.36. The number of nitrogens with one attached hydrogen (secondary N) is 1. The Morgan fingerprint density at radius 1 is 1.17 bits per heavy atom. The third kappa shape index (κ3) is 4.08. The van der Waals surface area contributed by atoms with E-state index in [1.165, 1.54) is 0 Å². The molecule has 0 aromatic heterocycles. The molecule has 1 N–H and O–H groups in total. The summed E-state index contributed by atoms with van der Waals surface area (Å²) in [4.78, 5) is 29.4. The molecule has 1 unspecified atom stereocenters. The zero-order valence-electron chi connectivity index (χ0n) is 16.8. The number of ether oxygens (including phenoxy) is 2. The summed E-state index contributed by atoms with van der Waals surface area (Å²) in [7, 11) is 1.57. The van der Waals surface area contributed by atoms with Crippen molar-refractivity contribution in [3.05, 3.63) is 47.5 Å². The predicted molar refractivity (Wildman–Crippen MR) is 117 cm³/mol. The maximum Gasteiger partial charge on any atom is 0.229 e. The second-order valence-electron chi connectivity index (χ2n) is 7.30. The van der Waals surface area contributed by atoms with Gasteiger partial charge in [0.25, 0.3) is 0 Å². The van der Waals surface area contributed by atoms with Gasteiger partial charge in [0.15, 0.2) is 0 Å². The Balaban J connectivity index is 1.51. The average molecular weight is 430 g/mol. The molecule has 2 saturated heterocycles. The number of carbonyl (C=O) groups is 2. The van der Waals surface area contributed by atoms with Crippen LogP contribution in [0.15, 0.2) is 42.5 Å². The standard InChI is InChI=1S/C22H24ClN3O4/c1-29-19-8-3-2-7-18(19)26-14-15(13-20(26)27)22(28)24-17-6-4-5-16(23)21(17)25-9-11-30-12-10-25/h2-8,15H,9-14H2,1H3,(H,24,28). The Morgan fingerprint density at radius 2 is 1.93 bits per heavy atom. The zero-order chi connectivity index (χ0) is 21.1. The van der Waals surface area contributed by atoms with Gasteiger partial charge in [0.05, 0.1) is 48.3 Å². The number of carbonyl (C=O) groups excluding carboxylic acids is 2. The third-order valence-corrected chi connectivity index (χ3v) is 5.75.